The van der Waals surface area contributed by atoms with E-state index in [0.717, 1.165) is 18.4 Å². The van der Waals surface area contributed by atoms with E-state index in [1.165, 1.54) is 0 Å². The van der Waals surface area contributed by atoms with E-state index in [0.29, 0.717) is 45.8 Å². The van der Waals surface area contributed by atoms with Gasteiger partial charge in [-0.25, -0.2) is 0 Å². The number of likely N-dealkylation sites (tertiary alicyclic amines) is 1. The average molecular weight is 320 g/mol. The van der Waals surface area contributed by atoms with Gasteiger partial charge in [0.15, 0.2) is 0 Å². The molecule has 7 nitrogen and oxygen atoms in total. The molecule has 2 aliphatic rings. The molecule has 0 aliphatic carbocycles. The Morgan fingerprint density at radius 2 is 2.09 bits per heavy atom. The first kappa shape index (κ1) is 16.0. The maximum absolute atomic E-state index is 12.7. The summed E-state index contributed by atoms with van der Waals surface area (Å²) in [4.78, 5) is 28.8. The van der Waals surface area contributed by atoms with Crippen LogP contribution >= 0.6 is 0 Å². The van der Waals surface area contributed by atoms with Crippen molar-refractivity contribution in [2.24, 2.45) is 0 Å². The van der Waals surface area contributed by atoms with Crippen LogP contribution in [0.25, 0.3) is 0 Å². The molecule has 7 heteroatoms. The molecule has 0 bridgehead atoms. The molecule has 2 amide bonds. The summed E-state index contributed by atoms with van der Waals surface area (Å²) in [6.07, 6.45) is 5.75. The Morgan fingerprint density at radius 1 is 1.30 bits per heavy atom. The van der Waals surface area contributed by atoms with E-state index >= 15 is 0 Å². The number of hydrogen-bond donors (Lipinski definition) is 0. The fourth-order valence-electron chi connectivity index (χ4n) is 3.26. The van der Waals surface area contributed by atoms with Crippen molar-refractivity contribution < 1.29 is 14.3 Å². The highest BCUT2D eigenvalue weighted by Crippen LogP contribution is 2.21. The molecule has 0 saturated carbocycles. The predicted octanol–water partition coefficient (Wildman–Crippen LogP) is 0.431. The summed E-state index contributed by atoms with van der Waals surface area (Å²) in [6.45, 7) is 5.64. The van der Waals surface area contributed by atoms with Crippen LogP contribution in [0.1, 0.15) is 24.8 Å². The Balaban J connectivity index is 1.56. The van der Waals surface area contributed by atoms with Gasteiger partial charge in [0.1, 0.15) is 6.04 Å². The second-order valence-electron chi connectivity index (χ2n) is 6.21. The Morgan fingerprint density at radius 3 is 2.78 bits per heavy atom. The van der Waals surface area contributed by atoms with E-state index in [-0.39, 0.29) is 17.9 Å². The number of carbonyl (C=O) groups is 2. The largest absolute Gasteiger partial charge is 0.378 e. The molecule has 2 aliphatic heterocycles. The third-order valence-electron chi connectivity index (χ3n) is 4.50. The number of rotatable bonds is 4. The fraction of sp³-hybridized carbons (Fsp3) is 0.688. The molecule has 1 aromatic rings. The molecule has 1 unspecified atom stereocenters. The van der Waals surface area contributed by atoms with Crippen LogP contribution in [0.3, 0.4) is 0 Å². The number of ether oxygens (including phenoxy) is 1. The highest BCUT2D eigenvalue weighted by atomic mass is 16.5. The quantitative estimate of drug-likeness (QED) is 0.807. The van der Waals surface area contributed by atoms with Gasteiger partial charge in [-0.05, 0) is 25.3 Å². The van der Waals surface area contributed by atoms with Crippen LogP contribution in [0.5, 0.6) is 0 Å². The molecule has 23 heavy (non-hydrogen) atoms. The van der Waals surface area contributed by atoms with Gasteiger partial charge in [0.25, 0.3) is 0 Å². The van der Waals surface area contributed by atoms with E-state index in [9.17, 15) is 9.59 Å². The summed E-state index contributed by atoms with van der Waals surface area (Å²) in [6, 6.07) is -0.292. The van der Waals surface area contributed by atoms with Crippen molar-refractivity contribution in [3.05, 3.63) is 18.0 Å². The van der Waals surface area contributed by atoms with E-state index < -0.39 is 0 Å². The number of aromatic nitrogens is 2. The summed E-state index contributed by atoms with van der Waals surface area (Å²) in [5.41, 5.74) is 1.08. The summed E-state index contributed by atoms with van der Waals surface area (Å²) in [7, 11) is 0. The van der Waals surface area contributed by atoms with Gasteiger partial charge < -0.3 is 14.5 Å². The number of carbonyl (C=O) groups excluding carboxylic acids is 2. The molecule has 0 aromatic carbocycles. The first-order chi connectivity index (χ1) is 11.1. The second kappa shape index (κ2) is 7.12. The van der Waals surface area contributed by atoms with Gasteiger partial charge in [0.05, 0.1) is 19.4 Å². The number of hydrogen-bond acceptors (Lipinski definition) is 4. The summed E-state index contributed by atoms with van der Waals surface area (Å²) >= 11 is 0. The van der Waals surface area contributed by atoms with Gasteiger partial charge in [-0.15, -0.1) is 0 Å². The summed E-state index contributed by atoms with van der Waals surface area (Å²) < 4.78 is 7.07. The Labute approximate surface area is 136 Å². The zero-order chi connectivity index (χ0) is 16.2. The maximum atomic E-state index is 12.7. The molecule has 3 rings (SSSR count). The lowest BCUT2D eigenvalue weighted by Crippen LogP contribution is -2.51. The zero-order valence-electron chi connectivity index (χ0n) is 13.6. The van der Waals surface area contributed by atoms with E-state index in [1.807, 2.05) is 18.0 Å². The standard InChI is InChI=1S/C16H24N4O3/c1-13-11-17-19(12-13)6-4-15(21)20-5-2-3-14(20)16(22)18-7-9-23-10-8-18/h11-12,14H,2-10H2,1H3. The molecule has 1 atom stereocenters. The minimum absolute atomic E-state index is 0.0438. The van der Waals surface area contributed by atoms with Crippen molar-refractivity contribution in [3.63, 3.8) is 0 Å². The van der Waals surface area contributed by atoms with Crippen molar-refractivity contribution in [1.82, 2.24) is 19.6 Å². The highest BCUT2D eigenvalue weighted by molar-refractivity contribution is 5.88. The fourth-order valence-corrected chi connectivity index (χ4v) is 3.26. The van der Waals surface area contributed by atoms with Crippen LogP contribution in [0.4, 0.5) is 0 Å². The zero-order valence-corrected chi connectivity index (χ0v) is 13.6. The highest BCUT2D eigenvalue weighted by Gasteiger charge is 2.36. The molecule has 2 fully saturated rings. The summed E-state index contributed by atoms with van der Waals surface area (Å²) in [5, 5.41) is 4.20. The predicted molar refractivity (Wildman–Crippen MR) is 83.7 cm³/mol. The lowest BCUT2D eigenvalue weighted by molar-refractivity contribution is -0.146. The number of amides is 2. The Hall–Kier alpha value is -1.89. The van der Waals surface area contributed by atoms with Crippen LogP contribution in [0, 0.1) is 6.92 Å². The second-order valence-corrected chi connectivity index (χ2v) is 6.21. The smallest absolute Gasteiger partial charge is 0.245 e. The molecule has 0 spiro atoms. The third kappa shape index (κ3) is 3.72. The topological polar surface area (TPSA) is 67.7 Å². The molecule has 0 N–H and O–H groups in total. The number of morpholine rings is 1. The lowest BCUT2D eigenvalue weighted by Gasteiger charge is -2.32. The summed E-state index contributed by atoms with van der Waals surface area (Å²) in [5.74, 6) is 0.122. The van der Waals surface area contributed by atoms with Crippen LogP contribution in [-0.4, -0.2) is 70.3 Å². The van der Waals surface area contributed by atoms with Crippen molar-refractivity contribution >= 4 is 11.8 Å². The van der Waals surface area contributed by atoms with Crippen LogP contribution in [-0.2, 0) is 20.9 Å². The first-order valence-electron chi connectivity index (χ1n) is 8.30. The molecule has 3 heterocycles. The minimum atomic E-state index is -0.292. The first-order valence-corrected chi connectivity index (χ1v) is 8.30. The molecule has 126 valence electrons. The monoisotopic (exact) mass is 320 g/mol. The average Bonchev–Trinajstić information content (AvgIpc) is 3.21. The molecular weight excluding hydrogens is 296 g/mol. The van der Waals surface area contributed by atoms with Gasteiger partial charge >= 0.3 is 0 Å². The van der Waals surface area contributed by atoms with E-state index in [2.05, 4.69) is 5.10 Å². The molecule has 2 saturated heterocycles. The van der Waals surface area contributed by atoms with Crippen molar-refractivity contribution in [3.8, 4) is 0 Å². The van der Waals surface area contributed by atoms with Gasteiger partial charge in [-0.3, -0.25) is 14.3 Å². The number of aryl methyl sites for hydroxylation is 2. The van der Waals surface area contributed by atoms with Crippen LogP contribution in [0.15, 0.2) is 12.4 Å². The van der Waals surface area contributed by atoms with Crippen molar-refractivity contribution in [2.75, 3.05) is 32.8 Å². The SMILES string of the molecule is Cc1cnn(CCC(=O)N2CCCC2C(=O)N2CCOCC2)c1. The molecule has 0 radical (unpaired) electrons. The lowest BCUT2D eigenvalue weighted by atomic mass is 10.1. The van der Waals surface area contributed by atoms with Crippen molar-refractivity contribution in [2.45, 2.75) is 38.8 Å². The van der Waals surface area contributed by atoms with Crippen LogP contribution in [0.2, 0.25) is 0 Å². The Kier molecular flexibility index (Phi) is 4.95. The number of nitrogens with zero attached hydrogens (tertiary/aromatic N) is 4. The van der Waals surface area contributed by atoms with Crippen molar-refractivity contribution in [1.29, 1.82) is 0 Å². The van der Waals surface area contributed by atoms with E-state index in [4.69, 9.17) is 4.74 Å². The normalized spacial score (nSPS) is 21.7. The van der Waals surface area contributed by atoms with Gasteiger partial charge in [0, 0.05) is 38.8 Å². The maximum Gasteiger partial charge on any atom is 0.245 e. The minimum Gasteiger partial charge on any atom is -0.378 e. The third-order valence-corrected chi connectivity index (χ3v) is 4.50. The molecule has 1 aromatic heterocycles. The van der Waals surface area contributed by atoms with Gasteiger partial charge in [0.2, 0.25) is 11.8 Å². The van der Waals surface area contributed by atoms with Gasteiger partial charge in [-0.2, -0.15) is 5.10 Å². The molecular formula is C16H24N4O3. The van der Waals surface area contributed by atoms with Crippen LogP contribution < -0.4 is 0 Å². The van der Waals surface area contributed by atoms with E-state index in [1.54, 1.807) is 15.8 Å². The Bertz CT molecular complexity index is 565. The van der Waals surface area contributed by atoms with Gasteiger partial charge in [-0.1, -0.05) is 0 Å².